The Kier molecular flexibility index (Phi) is 2.23. The molecule has 0 radical (unpaired) electrons. The lowest BCUT2D eigenvalue weighted by Crippen LogP contribution is -2.17. The molecule has 0 aliphatic carbocycles. The number of aromatic carboxylic acids is 1. The van der Waals surface area contributed by atoms with Crippen LogP contribution in [0.3, 0.4) is 0 Å². The highest BCUT2D eigenvalue weighted by atomic mass is 16.4. The smallest absolute Gasteiger partial charge is 0.354 e. The van der Waals surface area contributed by atoms with Gasteiger partial charge in [-0.15, -0.1) is 0 Å². The van der Waals surface area contributed by atoms with E-state index < -0.39 is 11.7 Å². The Labute approximate surface area is 68.1 Å². The van der Waals surface area contributed by atoms with Gasteiger partial charge in [0.2, 0.25) is 0 Å². The summed E-state index contributed by atoms with van der Waals surface area (Å²) >= 11 is 0. The molecule has 1 rings (SSSR count). The molecule has 0 fully saturated rings. The van der Waals surface area contributed by atoms with Crippen molar-refractivity contribution in [1.29, 1.82) is 0 Å². The third kappa shape index (κ3) is 1.69. The molecular weight excluding hydrogens is 160 g/mol. The fourth-order valence-corrected chi connectivity index (χ4v) is 0.808. The van der Waals surface area contributed by atoms with E-state index in [4.69, 9.17) is 5.11 Å². The fraction of sp³-hybridized carbons (Fsp3) is 0.286. The van der Waals surface area contributed by atoms with Gasteiger partial charge in [0.1, 0.15) is 0 Å². The monoisotopic (exact) mass is 168 g/mol. The number of aryl methyl sites for hydroxylation is 1. The zero-order chi connectivity index (χ0) is 9.14. The van der Waals surface area contributed by atoms with Gasteiger partial charge in [-0.05, 0) is 12.5 Å². The van der Waals surface area contributed by atoms with Gasteiger partial charge in [-0.2, -0.15) is 4.98 Å². The number of hydrogen-bond acceptors (Lipinski definition) is 3. The maximum Gasteiger partial charge on any atom is 0.354 e. The van der Waals surface area contributed by atoms with E-state index in [9.17, 15) is 9.59 Å². The van der Waals surface area contributed by atoms with E-state index in [1.54, 1.807) is 0 Å². The predicted molar refractivity (Wildman–Crippen MR) is 41.2 cm³/mol. The number of aromatic nitrogens is 2. The normalized spacial score (nSPS) is 9.75. The number of hydrogen-bond donors (Lipinski definition) is 2. The molecular formula is C7H8N2O3. The highest BCUT2D eigenvalue weighted by Gasteiger charge is 2.06. The Morgan fingerprint density at radius 2 is 2.42 bits per heavy atom. The zero-order valence-corrected chi connectivity index (χ0v) is 6.50. The summed E-state index contributed by atoms with van der Waals surface area (Å²) in [4.78, 5) is 26.8. The third-order valence-electron chi connectivity index (χ3n) is 1.40. The summed E-state index contributed by atoms with van der Waals surface area (Å²) in [6, 6.07) is 1.35. The van der Waals surface area contributed by atoms with Crippen LogP contribution in [0.2, 0.25) is 0 Å². The summed E-state index contributed by atoms with van der Waals surface area (Å²) in [6.45, 7) is 1.82. The predicted octanol–water partition coefficient (Wildman–Crippen LogP) is 0.0305. The summed E-state index contributed by atoms with van der Waals surface area (Å²) in [7, 11) is 0. The van der Waals surface area contributed by atoms with Gasteiger partial charge in [-0.25, -0.2) is 9.59 Å². The largest absolute Gasteiger partial charge is 0.477 e. The number of aromatic amines is 1. The quantitative estimate of drug-likeness (QED) is 0.652. The molecule has 0 bridgehead atoms. The minimum atomic E-state index is -1.18. The van der Waals surface area contributed by atoms with Crippen molar-refractivity contribution in [2.45, 2.75) is 13.3 Å². The maximum atomic E-state index is 10.7. The molecule has 0 atom stereocenters. The van der Waals surface area contributed by atoms with Gasteiger partial charge in [0.05, 0.1) is 0 Å². The van der Waals surface area contributed by atoms with Gasteiger partial charge in [0.15, 0.2) is 5.69 Å². The molecule has 1 aromatic heterocycles. The molecule has 0 unspecified atom stereocenters. The van der Waals surface area contributed by atoms with E-state index in [1.165, 1.54) is 6.07 Å². The van der Waals surface area contributed by atoms with Crippen LogP contribution in [0, 0.1) is 0 Å². The second-order valence-electron chi connectivity index (χ2n) is 2.26. The molecule has 0 amide bonds. The van der Waals surface area contributed by atoms with Gasteiger partial charge in [0, 0.05) is 5.69 Å². The van der Waals surface area contributed by atoms with Crippen molar-refractivity contribution >= 4 is 5.97 Å². The number of carboxylic acids is 1. The fourth-order valence-electron chi connectivity index (χ4n) is 0.808. The Bertz CT molecular complexity index is 356. The first-order valence-electron chi connectivity index (χ1n) is 3.47. The standard InChI is InChI=1S/C7H8N2O3/c1-2-4-3-5(6(10)11)9-7(12)8-4/h3H,2H2,1H3,(H,10,11)(H,8,9,12). The van der Waals surface area contributed by atoms with Gasteiger partial charge < -0.3 is 10.1 Å². The maximum absolute atomic E-state index is 10.7. The lowest BCUT2D eigenvalue weighted by molar-refractivity contribution is 0.0689. The van der Waals surface area contributed by atoms with Crippen molar-refractivity contribution in [3.05, 3.63) is 27.9 Å². The number of nitrogens with zero attached hydrogens (tertiary/aromatic N) is 1. The van der Waals surface area contributed by atoms with Crippen LogP contribution in [0.5, 0.6) is 0 Å². The first-order valence-corrected chi connectivity index (χ1v) is 3.47. The molecule has 0 saturated carbocycles. The van der Waals surface area contributed by atoms with E-state index in [0.29, 0.717) is 12.1 Å². The van der Waals surface area contributed by atoms with Crippen LogP contribution >= 0.6 is 0 Å². The van der Waals surface area contributed by atoms with E-state index in [-0.39, 0.29) is 5.69 Å². The first kappa shape index (κ1) is 8.45. The van der Waals surface area contributed by atoms with Gasteiger partial charge in [-0.1, -0.05) is 6.92 Å². The minimum Gasteiger partial charge on any atom is -0.477 e. The average Bonchev–Trinajstić information content (AvgIpc) is 2.03. The van der Waals surface area contributed by atoms with Crippen LogP contribution < -0.4 is 5.69 Å². The number of nitrogens with one attached hydrogen (secondary N) is 1. The SMILES string of the molecule is CCc1cc(C(=O)O)nc(=O)[nH]1. The Hall–Kier alpha value is -1.65. The van der Waals surface area contributed by atoms with Crippen molar-refractivity contribution < 1.29 is 9.90 Å². The van der Waals surface area contributed by atoms with Gasteiger partial charge >= 0.3 is 11.7 Å². The van der Waals surface area contributed by atoms with Crippen LogP contribution in [0.15, 0.2) is 10.9 Å². The highest BCUT2D eigenvalue weighted by molar-refractivity contribution is 5.85. The van der Waals surface area contributed by atoms with Crippen LogP contribution in [0.4, 0.5) is 0 Å². The molecule has 1 heterocycles. The molecule has 5 nitrogen and oxygen atoms in total. The van der Waals surface area contributed by atoms with Crippen molar-refractivity contribution in [3.63, 3.8) is 0 Å². The molecule has 0 saturated heterocycles. The Morgan fingerprint density at radius 1 is 1.75 bits per heavy atom. The van der Waals surface area contributed by atoms with Crippen LogP contribution in [-0.4, -0.2) is 21.0 Å². The second-order valence-corrected chi connectivity index (χ2v) is 2.26. The molecule has 1 aromatic rings. The molecule has 5 heteroatoms. The molecule has 2 N–H and O–H groups in total. The highest BCUT2D eigenvalue weighted by Crippen LogP contribution is 1.95. The minimum absolute atomic E-state index is 0.212. The van der Waals surface area contributed by atoms with E-state index in [2.05, 4.69) is 9.97 Å². The average molecular weight is 168 g/mol. The Morgan fingerprint density at radius 3 is 2.92 bits per heavy atom. The summed E-state index contributed by atoms with van der Waals surface area (Å²) in [6.07, 6.45) is 0.581. The van der Waals surface area contributed by atoms with Crippen LogP contribution in [0.1, 0.15) is 23.1 Å². The van der Waals surface area contributed by atoms with Crippen LogP contribution in [0.25, 0.3) is 0 Å². The van der Waals surface area contributed by atoms with Crippen molar-refractivity contribution in [3.8, 4) is 0 Å². The van der Waals surface area contributed by atoms with E-state index in [1.807, 2.05) is 6.92 Å². The zero-order valence-electron chi connectivity index (χ0n) is 6.50. The second kappa shape index (κ2) is 3.17. The number of carboxylic acid groups (broad SMARTS) is 1. The molecule has 0 aliphatic rings. The van der Waals surface area contributed by atoms with E-state index >= 15 is 0 Å². The number of H-pyrrole nitrogens is 1. The summed E-state index contributed by atoms with van der Waals surface area (Å²) in [5.74, 6) is -1.18. The third-order valence-corrected chi connectivity index (χ3v) is 1.40. The topological polar surface area (TPSA) is 83.0 Å². The van der Waals surface area contributed by atoms with E-state index in [0.717, 1.165) is 0 Å². The lowest BCUT2D eigenvalue weighted by Gasteiger charge is -1.96. The van der Waals surface area contributed by atoms with Crippen molar-refractivity contribution in [2.24, 2.45) is 0 Å². The number of carbonyl (C=O) groups is 1. The first-order chi connectivity index (χ1) is 5.63. The summed E-state index contributed by atoms with van der Waals surface area (Å²) in [5.41, 5.74) is -0.255. The molecule has 0 spiro atoms. The van der Waals surface area contributed by atoms with Gasteiger partial charge in [0.25, 0.3) is 0 Å². The van der Waals surface area contributed by atoms with Crippen molar-refractivity contribution in [1.82, 2.24) is 9.97 Å². The molecule has 0 aliphatic heterocycles. The lowest BCUT2D eigenvalue weighted by atomic mass is 10.3. The van der Waals surface area contributed by atoms with Crippen LogP contribution in [-0.2, 0) is 6.42 Å². The molecule has 12 heavy (non-hydrogen) atoms. The molecule has 64 valence electrons. The molecule has 0 aromatic carbocycles. The van der Waals surface area contributed by atoms with Gasteiger partial charge in [-0.3, -0.25) is 0 Å². The summed E-state index contributed by atoms with van der Waals surface area (Å²) in [5, 5.41) is 8.51. The number of rotatable bonds is 2. The Balaban J connectivity index is 3.24. The summed E-state index contributed by atoms with van der Waals surface area (Å²) < 4.78 is 0. The van der Waals surface area contributed by atoms with Crippen molar-refractivity contribution in [2.75, 3.05) is 0 Å².